The van der Waals surface area contributed by atoms with E-state index in [4.69, 9.17) is 10.5 Å². The number of carboxylic acid groups (broad SMARTS) is 1. The first-order valence-corrected chi connectivity index (χ1v) is 10.2. The molecule has 1 aliphatic rings. The first kappa shape index (κ1) is 22.0. The first-order chi connectivity index (χ1) is 14.2. The predicted octanol–water partition coefficient (Wildman–Crippen LogP) is 3.90. The lowest BCUT2D eigenvalue weighted by Gasteiger charge is -2.22. The van der Waals surface area contributed by atoms with Gasteiger partial charge in [-0.05, 0) is 33.1 Å². The zero-order chi connectivity index (χ0) is 22.0. The lowest BCUT2D eigenvalue weighted by Crippen LogP contribution is -2.23. The van der Waals surface area contributed by atoms with Crippen LogP contribution in [0.2, 0.25) is 0 Å². The number of hydrogen-bond acceptors (Lipinski definition) is 5. The van der Waals surface area contributed by atoms with E-state index in [1.807, 2.05) is 13.8 Å². The molecule has 0 bridgehead atoms. The number of aromatic carboxylic acids is 1. The molecule has 0 amide bonds. The zero-order valence-corrected chi connectivity index (χ0v) is 17.1. The maximum absolute atomic E-state index is 15.5. The molecule has 7 nitrogen and oxygen atoms in total. The Kier molecular flexibility index (Phi) is 6.60. The topological polar surface area (TPSA) is 107 Å². The molecular weight excluding hydrogens is 396 g/mol. The van der Waals surface area contributed by atoms with Crippen molar-refractivity contribution in [1.82, 2.24) is 4.57 Å². The number of anilines is 2. The van der Waals surface area contributed by atoms with Gasteiger partial charge in [0.05, 0.1) is 22.7 Å². The molecule has 1 saturated carbocycles. The second-order valence-electron chi connectivity index (χ2n) is 7.86. The molecule has 0 aliphatic heterocycles. The summed E-state index contributed by atoms with van der Waals surface area (Å²) in [5.74, 6) is -3.49. The van der Waals surface area contributed by atoms with Crippen molar-refractivity contribution in [3.8, 4) is 0 Å². The van der Waals surface area contributed by atoms with Crippen molar-refractivity contribution >= 4 is 28.2 Å². The number of nitrogens with zero attached hydrogens (tertiary/aromatic N) is 1. The summed E-state index contributed by atoms with van der Waals surface area (Å²) in [6, 6.07) is -0.183. The highest BCUT2D eigenvalue weighted by atomic mass is 19.1. The van der Waals surface area contributed by atoms with Crippen LogP contribution in [-0.4, -0.2) is 34.9 Å². The van der Waals surface area contributed by atoms with Crippen molar-refractivity contribution in [3.05, 3.63) is 33.6 Å². The highest BCUT2D eigenvalue weighted by molar-refractivity contribution is 5.99. The Morgan fingerprint density at radius 3 is 2.60 bits per heavy atom. The monoisotopic (exact) mass is 423 g/mol. The van der Waals surface area contributed by atoms with E-state index >= 15 is 4.39 Å². The number of pyridine rings is 1. The number of rotatable bonds is 8. The van der Waals surface area contributed by atoms with Gasteiger partial charge in [-0.3, -0.25) is 4.79 Å². The van der Waals surface area contributed by atoms with E-state index in [1.54, 1.807) is 0 Å². The molecule has 4 N–H and O–H groups in total. The summed E-state index contributed by atoms with van der Waals surface area (Å²) in [6.07, 6.45) is 4.96. The third-order valence-electron chi connectivity index (χ3n) is 5.41. The molecule has 0 atom stereocenters. The van der Waals surface area contributed by atoms with E-state index in [0.29, 0.717) is 25.9 Å². The Morgan fingerprint density at radius 2 is 2.00 bits per heavy atom. The fourth-order valence-corrected chi connectivity index (χ4v) is 3.95. The zero-order valence-electron chi connectivity index (χ0n) is 17.1. The number of hydrogen-bond donors (Lipinski definition) is 3. The van der Waals surface area contributed by atoms with Crippen molar-refractivity contribution in [2.45, 2.75) is 58.1 Å². The number of nitrogens with two attached hydrogens (primary N) is 1. The lowest BCUT2D eigenvalue weighted by molar-refractivity contribution is 0.0694. The molecule has 3 rings (SSSR count). The Balaban J connectivity index is 2.12. The number of nitrogens with one attached hydrogen (secondary N) is 1. The van der Waals surface area contributed by atoms with Crippen molar-refractivity contribution in [2.75, 3.05) is 24.2 Å². The van der Waals surface area contributed by atoms with E-state index in [1.165, 1.54) is 4.57 Å². The van der Waals surface area contributed by atoms with Crippen LogP contribution in [0, 0.1) is 11.6 Å². The first-order valence-electron chi connectivity index (χ1n) is 10.2. The van der Waals surface area contributed by atoms with E-state index in [2.05, 4.69) is 5.32 Å². The highest BCUT2D eigenvalue weighted by Crippen LogP contribution is 2.37. The van der Waals surface area contributed by atoms with Crippen molar-refractivity contribution in [1.29, 1.82) is 0 Å². The summed E-state index contributed by atoms with van der Waals surface area (Å²) in [6.45, 7) is 4.45. The van der Waals surface area contributed by atoms with E-state index in [9.17, 15) is 19.1 Å². The van der Waals surface area contributed by atoms with E-state index in [-0.39, 0.29) is 24.2 Å². The van der Waals surface area contributed by atoms with Gasteiger partial charge in [0.1, 0.15) is 11.3 Å². The van der Waals surface area contributed by atoms with Gasteiger partial charge in [-0.1, -0.05) is 12.8 Å². The third kappa shape index (κ3) is 4.12. The van der Waals surface area contributed by atoms with Gasteiger partial charge in [-0.2, -0.15) is 0 Å². The maximum atomic E-state index is 15.5. The van der Waals surface area contributed by atoms with Crippen LogP contribution < -0.4 is 16.5 Å². The summed E-state index contributed by atoms with van der Waals surface area (Å²) in [5, 5.41) is 11.7. The van der Waals surface area contributed by atoms with Gasteiger partial charge in [0.15, 0.2) is 11.6 Å². The standard InChI is InChI=1S/C21H27F2N3O4/c1-11(2)30-9-5-8-25-18-15(22)17(24)14-19(16(18)23)26(12-6-3-4-7-12)10-13(20(14)27)21(28)29/h10-12,25H,3-9,24H2,1-2H3,(H,28,29). The molecule has 1 fully saturated rings. The van der Waals surface area contributed by atoms with Gasteiger partial charge in [0, 0.05) is 25.4 Å². The van der Waals surface area contributed by atoms with Gasteiger partial charge in [-0.15, -0.1) is 0 Å². The molecule has 164 valence electrons. The fraction of sp³-hybridized carbons (Fsp3) is 0.524. The third-order valence-corrected chi connectivity index (χ3v) is 5.41. The average Bonchev–Trinajstić information content (AvgIpc) is 3.22. The lowest BCUT2D eigenvalue weighted by atomic mass is 10.1. The largest absolute Gasteiger partial charge is 0.477 e. The molecule has 30 heavy (non-hydrogen) atoms. The Bertz CT molecular complexity index is 1010. The molecule has 0 spiro atoms. The van der Waals surface area contributed by atoms with Crippen LogP contribution in [0.3, 0.4) is 0 Å². The number of nitrogen functional groups attached to an aromatic ring is 1. The summed E-state index contributed by atoms with van der Waals surface area (Å²) in [7, 11) is 0. The van der Waals surface area contributed by atoms with Crippen molar-refractivity contribution in [2.24, 2.45) is 0 Å². The maximum Gasteiger partial charge on any atom is 0.341 e. The van der Waals surface area contributed by atoms with Gasteiger partial charge in [0.2, 0.25) is 5.43 Å². The highest BCUT2D eigenvalue weighted by Gasteiger charge is 2.28. The van der Waals surface area contributed by atoms with Gasteiger partial charge in [-0.25, -0.2) is 13.6 Å². The van der Waals surface area contributed by atoms with Crippen LogP contribution in [0.4, 0.5) is 20.2 Å². The van der Waals surface area contributed by atoms with E-state index < -0.39 is 45.4 Å². The number of aromatic nitrogens is 1. The molecule has 1 heterocycles. The molecule has 9 heteroatoms. The molecule has 1 aromatic carbocycles. The van der Waals surface area contributed by atoms with Crippen molar-refractivity contribution < 1.29 is 23.4 Å². The predicted molar refractivity (Wildman–Crippen MR) is 111 cm³/mol. The van der Waals surface area contributed by atoms with Crippen molar-refractivity contribution in [3.63, 3.8) is 0 Å². The molecule has 1 aliphatic carbocycles. The van der Waals surface area contributed by atoms with Crippen LogP contribution in [0.5, 0.6) is 0 Å². The summed E-state index contributed by atoms with van der Waals surface area (Å²) >= 11 is 0. The van der Waals surface area contributed by atoms with Crippen LogP contribution in [0.25, 0.3) is 10.9 Å². The van der Waals surface area contributed by atoms with Crippen LogP contribution >= 0.6 is 0 Å². The van der Waals surface area contributed by atoms with Gasteiger partial charge < -0.3 is 25.5 Å². The summed E-state index contributed by atoms with van der Waals surface area (Å²) < 4.78 is 37.2. The number of fused-ring (bicyclic) bond motifs is 1. The smallest absolute Gasteiger partial charge is 0.341 e. The summed E-state index contributed by atoms with van der Waals surface area (Å²) in [5.41, 5.74) is 3.22. The molecule has 0 unspecified atom stereocenters. The number of halogens is 2. The quantitative estimate of drug-likeness (QED) is 0.439. The molecule has 0 radical (unpaired) electrons. The van der Waals surface area contributed by atoms with Gasteiger partial charge in [0.25, 0.3) is 0 Å². The number of ether oxygens (including phenoxy) is 1. The Labute approximate surface area is 172 Å². The molecule has 1 aromatic heterocycles. The average molecular weight is 423 g/mol. The number of benzene rings is 1. The Morgan fingerprint density at radius 1 is 1.33 bits per heavy atom. The SMILES string of the molecule is CC(C)OCCCNc1c(F)c(N)c2c(=O)c(C(=O)O)cn(C3CCCC3)c2c1F. The number of carbonyl (C=O) groups is 1. The summed E-state index contributed by atoms with van der Waals surface area (Å²) in [4.78, 5) is 24.3. The number of carboxylic acids is 1. The van der Waals surface area contributed by atoms with Crippen LogP contribution in [0.15, 0.2) is 11.0 Å². The molecular formula is C21H27F2N3O4. The fourth-order valence-electron chi connectivity index (χ4n) is 3.95. The normalized spacial score (nSPS) is 14.7. The minimum atomic E-state index is -1.46. The van der Waals surface area contributed by atoms with Gasteiger partial charge >= 0.3 is 5.97 Å². The second-order valence-corrected chi connectivity index (χ2v) is 7.86. The van der Waals surface area contributed by atoms with Crippen LogP contribution in [0.1, 0.15) is 62.4 Å². The minimum absolute atomic E-state index is 0.0547. The molecule has 2 aromatic rings. The van der Waals surface area contributed by atoms with Crippen LogP contribution in [-0.2, 0) is 4.74 Å². The molecule has 0 saturated heterocycles. The second kappa shape index (κ2) is 8.99. The van der Waals surface area contributed by atoms with E-state index in [0.717, 1.165) is 19.0 Å². The Hall–Kier alpha value is -2.68. The minimum Gasteiger partial charge on any atom is -0.477 e.